The first-order valence-corrected chi connectivity index (χ1v) is 5.94. The Morgan fingerprint density at radius 1 is 1.56 bits per heavy atom. The van der Waals surface area contributed by atoms with E-state index < -0.39 is 6.10 Å². The van der Waals surface area contributed by atoms with Crippen molar-refractivity contribution in [2.75, 3.05) is 13.2 Å². The van der Waals surface area contributed by atoms with Crippen molar-refractivity contribution in [1.82, 2.24) is 5.32 Å². The third-order valence-electron chi connectivity index (χ3n) is 3.57. The number of aliphatic hydroxyl groups excluding tert-OH is 2. The molecule has 1 fully saturated rings. The lowest BCUT2D eigenvalue weighted by atomic mass is 9.75. The predicted octanol–water partition coefficient (Wildman–Crippen LogP) is -0.271. The third kappa shape index (κ3) is 1.89. The summed E-state index contributed by atoms with van der Waals surface area (Å²) in [5, 5.41) is 22.2. The number of nitrogens with zero attached hydrogens (tertiary/aromatic N) is 1. The van der Waals surface area contributed by atoms with E-state index in [1.54, 1.807) is 0 Å². The van der Waals surface area contributed by atoms with E-state index in [9.17, 15) is 10.2 Å². The standard InChI is InChI=1S/C11H20N2O3/c1-3-12-11-13-9-6(2)10(15)7(5-14)4-8(9)16-11/h6-10,14-15H,3-5H2,1-2H3,(H,12,13)/t6-,7+,8-,9+,10-/m0/s1. The summed E-state index contributed by atoms with van der Waals surface area (Å²) in [6.45, 7) is 4.74. The first-order valence-electron chi connectivity index (χ1n) is 5.94. The molecular weight excluding hydrogens is 208 g/mol. The van der Waals surface area contributed by atoms with Gasteiger partial charge in [-0.15, -0.1) is 0 Å². The molecule has 5 nitrogen and oxygen atoms in total. The molecule has 0 saturated heterocycles. The molecule has 0 unspecified atom stereocenters. The van der Waals surface area contributed by atoms with Crippen molar-refractivity contribution in [3.63, 3.8) is 0 Å². The SMILES string of the molecule is CCNC1=N[C@@H]2[C@H](C)[C@H](O)[C@@H](CO)C[C@@H]2O1. The molecule has 2 rings (SSSR count). The number of aliphatic hydroxyl groups is 2. The number of rotatable bonds is 2. The number of amidine groups is 1. The van der Waals surface area contributed by atoms with Gasteiger partial charge in [0.2, 0.25) is 0 Å². The van der Waals surface area contributed by atoms with Crippen molar-refractivity contribution in [2.24, 2.45) is 16.8 Å². The molecule has 0 spiro atoms. The van der Waals surface area contributed by atoms with E-state index in [0.29, 0.717) is 12.4 Å². The van der Waals surface area contributed by atoms with E-state index >= 15 is 0 Å². The Hall–Kier alpha value is -0.810. The summed E-state index contributed by atoms with van der Waals surface area (Å²) >= 11 is 0. The van der Waals surface area contributed by atoms with Gasteiger partial charge in [0.15, 0.2) is 0 Å². The maximum absolute atomic E-state index is 10.00. The number of ether oxygens (including phenoxy) is 1. The van der Waals surface area contributed by atoms with Gasteiger partial charge in [-0.3, -0.25) is 0 Å². The Bertz CT molecular complexity index is 282. The van der Waals surface area contributed by atoms with Crippen LogP contribution in [0.25, 0.3) is 0 Å². The Labute approximate surface area is 95.5 Å². The van der Waals surface area contributed by atoms with Crippen LogP contribution in [0, 0.1) is 11.8 Å². The van der Waals surface area contributed by atoms with Crippen LogP contribution in [0.4, 0.5) is 0 Å². The summed E-state index contributed by atoms with van der Waals surface area (Å²) in [6, 6.07) is 0.599. The first kappa shape index (κ1) is 11.7. The maximum Gasteiger partial charge on any atom is 0.285 e. The Kier molecular flexibility index (Phi) is 3.35. The van der Waals surface area contributed by atoms with Gasteiger partial charge in [-0.1, -0.05) is 6.92 Å². The van der Waals surface area contributed by atoms with Crippen LogP contribution < -0.4 is 5.32 Å². The molecule has 0 radical (unpaired) electrons. The van der Waals surface area contributed by atoms with Crippen LogP contribution in [0.2, 0.25) is 0 Å². The van der Waals surface area contributed by atoms with E-state index in [1.807, 2.05) is 13.8 Å². The van der Waals surface area contributed by atoms with Crippen LogP contribution in [-0.2, 0) is 4.74 Å². The Morgan fingerprint density at radius 3 is 2.94 bits per heavy atom. The molecular formula is C11H20N2O3. The van der Waals surface area contributed by atoms with Crippen LogP contribution in [0.3, 0.4) is 0 Å². The second-order valence-electron chi connectivity index (χ2n) is 4.64. The molecule has 0 bridgehead atoms. The van der Waals surface area contributed by atoms with Gasteiger partial charge in [0.1, 0.15) is 6.10 Å². The van der Waals surface area contributed by atoms with E-state index in [1.165, 1.54) is 0 Å². The summed E-state index contributed by atoms with van der Waals surface area (Å²) < 4.78 is 5.67. The highest BCUT2D eigenvalue weighted by Gasteiger charge is 2.46. The number of nitrogens with one attached hydrogen (secondary N) is 1. The highest BCUT2D eigenvalue weighted by molar-refractivity contribution is 5.75. The minimum absolute atomic E-state index is 0.00426. The maximum atomic E-state index is 10.00. The fraction of sp³-hybridized carbons (Fsp3) is 0.909. The third-order valence-corrected chi connectivity index (χ3v) is 3.57. The van der Waals surface area contributed by atoms with Gasteiger partial charge in [0.05, 0.1) is 12.1 Å². The molecule has 0 aromatic carbocycles. The zero-order valence-corrected chi connectivity index (χ0v) is 9.76. The van der Waals surface area contributed by atoms with Crippen molar-refractivity contribution in [1.29, 1.82) is 0 Å². The van der Waals surface area contributed by atoms with Gasteiger partial charge in [0.25, 0.3) is 6.02 Å². The van der Waals surface area contributed by atoms with Crippen LogP contribution in [0.15, 0.2) is 4.99 Å². The smallest absolute Gasteiger partial charge is 0.285 e. The van der Waals surface area contributed by atoms with Crippen LogP contribution in [-0.4, -0.2) is 47.6 Å². The summed E-state index contributed by atoms with van der Waals surface area (Å²) in [5.41, 5.74) is 0. The first-order chi connectivity index (χ1) is 7.67. The summed E-state index contributed by atoms with van der Waals surface area (Å²) in [6.07, 6.45) is 0.189. The van der Waals surface area contributed by atoms with E-state index in [-0.39, 0.29) is 30.6 Å². The van der Waals surface area contributed by atoms with Crippen molar-refractivity contribution < 1.29 is 14.9 Å². The minimum atomic E-state index is -0.487. The zero-order chi connectivity index (χ0) is 11.7. The molecule has 0 aromatic rings. The average Bonchev–Trinajstić information content (AvgIpc) is 2.67. The van der Waals surface area contributed by atoms with Gasteiger partial charge in [-0.25, -0.2) is 4.99 Å². The second-order valence-corrected chi connectivity index (χ2v) is 4.64. The van der Waals surface area contributed by atoms with E-state index in [4.69, 9.17) is 4.74 Å². The van der Waals surface area contributed by atoms with Crippen LogP contribution in [0.5, 0.6) is 0 Å². The largest absolute Gasteiger partial charge is 0.460 e. The summed E-state index contributed by atoms with van der Waals surface area (Å²) in [5.74, 6) is -0.0560. The number of aliphatic imine (C=N–C) groups is 1. The van der Waals surface area contributed by atoms with Crippen molar-refractivity contribution in [2.45, 2.75) is 38.5 Å². The molecule has 1 heterocycles. The van der Waals surface area contributed by atoms with Gasteiger partial charge < -0.3 is 20.3 Å². The van der Waals surface area contributed by atoms with Crippen molar-refractivity contribution in [3.05, 3.63) is 0 Å². The van der Waals surface area contributed by atoms with Crippen molar-refractivity contribution in [3.8, 4) is 0 Å². The lowest BCUT2D eigenvalue weighted by Gasteiger charge is -2.37. The Balaban J connectivity index is 2.08. The van der Waals surface area contributed by atoms with Crippen LogP contribution >= 0.6 is 0 Å². The van der Waals surface area contributed by atoms with Crippen molar-refractivity contribution >= 4 is 6.02 Å². The molecule has 1 saturated carbocycles. The quantitative estimate of drug-likeness (QED) is 0.608. The summed E-state index contributed by atoms with van der Waals surface area (Å²) in [4.78, 5) is 4.44. The number of hydrogen-bond donors (Lipinski definition) is 3. The van der Waals surface area contributed by atoms with Crippen LogP contribution in [0.1, 0.15) is 20.3 Å². The Morgan fingerprint density at radius 2 is 2.31 bits per heavy atom. The number of hydrogen-bond acceptors (Lipinski definition) is 5. The second kappa shape index (κ2) is 4.59. The minimum Gasteiger partial charge on any atom is -0.460 e. The highest BCUT2D eigenvalue weighted by Crippen LogP contribution is 2.36. The van der Waals surface area contributed by atoms with Gasteiger partial charge in [-0.05, 0) is 13.3 Å². The predicted molar refractivity (Wildman–Crippen MR) is 60.1 cm³/mol. The normalized spacial score (nSPS) is 42.2. The molecule has 2 aliphatic rings. The fourth-order valence-electron chi connectivity index (χ4n) is 2.60. The molecule has 1 aliphatic carbocycles. The molecule has 0 amide bonds. The lowest BCUT2D eigenvalue weighted by molar-refractivity contribution is -0.0459. The fourth-order valence-corrected chi connectivity index (χ4v) is 2.60. The zero-order valence-electron chi connectivity index (χ0n) is 9.76. The number of fused-ring (bicyclic) bond motifs is 1. The topological polar surface area (TPSA) is 74.1 Å². The monoisotopic (exact) mass is 228 g/mol. The lowest BCUT2D eigenvalue weighted by Crippen LogP contribution is -2.47. The molecule has 16 heavy (non-hydrogen) atoms. The molecule has 0 aromatic heterocycles. The average molecular weight is 228 g/mol. The molecule has 5 atom stereocenters. The van der Waals surface area contributed by atoms with Gasteiger partial charge in [-0.2, -0.15) is 0 Å². The van der Waals surface area contributed by atoms with Gasteiger partial charge >= 0.3 is 0 Å². The molecule has 3 N–H and O–H groups in total. The van der Waals surface area contributed by atoms with E-state index in [0.717, 1.165) is 6.54 Å². The summed E-state index contributed by atoms with van der Waals surface area (Å²) in [7, 11) is 0. The molecule has 1 aliphatic heterocycles. The molecule has 5 heteroatoms. The highest BCUT2D eigenvalue weighted by atomic mass is 16.5. The van der Waals surface area contributed by atoms with E-state index in [2.05, 4.69) is 10.3 Å². The molecule has 92 valence electrons. The van der Waals surface area contributed by atoms with Gasteiger partial charge in [0, 0.05) is 25.0 Å².